The molecule has 52 heavy (non-hydrogen) atoms. The fraction of sp³-hybridized carbons (Fsp3) is 0. The molecule has 0 saturated heterocycles. The molecule has 4 nitrogen and oxygen atoms in total. The van der Waals surface area contributed by atoms with Crippen molar-refractivity contribution in [1.82, 2.24) is 19.9 Å². The number of benzene rings is 7. The van der Waals surface area contributed by atoms with Gasteiger partial charge in [-0.3, -0.25) is 0 Å². The van der Waals surface area contributed by atoms with E-state index in [0.29, 0.717) is 17.5 Å². The van der Waals surface area contributed by atoms with E-state index in [0.717, 1.165) is 48.6 Å². The summed E-state index contributed by atoms with van der Waals surface area (Å²) in [5.41, 5.74) is 9.68. The number of thiazole rings is 1. The van der Waals surface area contributed by atoms with Crippen molar-refractivity contribution in [3.63, 3.8) is 0 Å². The zero-order valence-corrected chi connectivity index (χ0v) is 29.4. The van der Waals surface area contributed by atoms with E-state index >= 15 is 0 Å². The average molecular weight is 701 g/mol. The summed E-state index contributed by atoms with van der Waals surface area (Å²) >= 11 is 3.52. The number of rotatable bonds is 6. The normalized spacial score (nSPS) is 11.5. The second-order valence-electron chi connectivity index (χ2n) is 12.6. The van der Waals surface area contributed by atoms with Gasteiger partial charge in [-0.15, -0.1) is 22.7 Å². The molecule has 0 amide bonds. The Kier molecular flexibility index (Phi) is 7.48. The lowest BCUT2D eigenvalue weighted by Crippen LogP contribution is -2.00. The SMILES string of the molecule is c1ccc(-c2ccc(-c3nc(-c4ccc(-c5ccccc5)cc4)nc(-c4cccc5c4sc4c(-c6nc7ccccc7s6)cccc45)n3)cc2)cc1. The monoisotopic (exact) mass is 700 g/mol. The summed E-state index contributed by atoms with van der Waals surface area (Å²) in [4.78, 5) is 20.4. The van der Waals surface area contributed by atoms with Gasteiger partial charge >= 0.3 is 0 Å². The zero-order chi connectivity index (χ0) is 34.4. The fourth-order valence-corrected chi connectivity index (χ4v) is 9.18. The first-order valence-corrected chi connectivity index (χ1v) is 18.8. The molecule has 0 saturated carbocycles. The Morgan fingerprint density at radius 3 is 1.35 bits per heavy atom. The van der Waals surface area contributed by atoms with Gasteiger partial charge in [0.15, 0.2) is 17.5 Å². The molecule has 10 rings (SSSR count). The van der Waals surface area contributed by atoms with Gasteiger partial charge in [0.2, 0.25) is 0 Å². The number of fused-ring (bicyclic) bond motifs is 4. The van der Waals surface area contributed by atoms with Crippen molar-refractivity contribution in [1.29, 1.82) is 0 Å². The van der Waals surface area contributed by atoms with Crippen LogP contribution in [0, 0.1) is 0 Å². The summed E-state index contributed by atoms with van der Waals surface area (Å²) in [5.74, 6) is 1.93. The Balaban J connectivity index is 1.13. The van der Waals surface area contributed by atoms with E-state index in [1.54, 1.807) is 22.7 Å². The van der Waals surface area contributed by atoms with E-state index in [1.807, 2.05) is 18.2 Å². The molecule has 0 aliphatic carbocycles. The van der Waals surface area contributed by atoms with Gasteiger partial charge in [0.1, 0.15) is 5.01 Å². The van der Waals surface area contributed by atoms with Crippen LogP contribution >= 0.6 is 22.7 Å². The van der Waals surface area contributed by atoms with Crippen LogP contribution in [-0.2, 0) is 0 Å². The van der Waals surface area contributed by atoms with E-state index in [1.165, 1.54) is 31.3 Å². The predicted octanol–water partition coefficient (Wildman–Crippen LogP) is 12.9. The van der Waals surface area contributed by atoms with Gasteiger partial charge < -0.3 is 0 Å². The smallest absolute Gasteiger partial charge is 0.165 e. The number of nitrogens with zero attached hydrogens (tertiary/aromatic N) is 4. The summed E-state index contributed by atoms with van der Waals surface area (Å²) in [6.07, 6.45) is 0. The minimum absolute atomic E-state index is 0.639. The maximum Gasteiger partial charge on any atom is 0.165 e. The van der Waals surface area contributed by atoms with Crippen LogP contribution in [-0.4, -0.2) is 19.9 Å². The van der Waals surface area contributed by atoms with E-state index in [2.05, 4.69) is 152 Å². The molecule has 0 radical (unpaired) electrons. The maximum absolute atomic E-state index is 5.17. The molecule has 10 aromatic rings. The number of hydrogen-bond donors (Lipinski definition) is 0. The maximum atomic E-state index is 5.17. The fourth-order valence-electron chi connectivity index (χ4n) is 6.79. The molecule has 0 aliphatic rings. The highest BCUT2D eigenvalue weighted by molar-refractivity contribution is 7.27. The summed E-state index contributed by atoms with van der Waals surface area (Å²) in [7, 11) is 0. The topological polar surface area (TPSA) is 51.6 Å². The van der Waals surface area contributed by atoms with Crippen LogP contribution in [0.5, 0.6) is 0 Å². The second-order valence-corrected chi connectivity index (χ2v) is 14.7. The van der Waals surface area contributed by atoms with Crippen molar-refractivity contribution < 1.29 is 0 Å². The quantitative estimate of drug-likeness (QED) is 0.173. The highest BCUT2D eigenvalue weighted by Gasteiger charge is 2.19. The Morgan fingerprint density at radius 1 is 0.308 bits per heavy atom. The lowest BCUT2D eigenvalue weighted by molar-refractivity contribution is 1.08. The Bertz CT molecular complexity index is 2740. The third-order valence-electron chi connectivity index (χ3n) is 9.43. The second kappa shape index (κ2) is 12.8. The number of thiophene rings is 1. The highest BCUT2D eigenvalue weighted by Crippen LogP contribution is 2.44. The Morgan fingerprint density at radius 2 is 0.769 bits per heavy atom. The first-order chi connectivity index (χ1) is 25.7. The van der Waals surface area contributed by atoms with Crippen LogP contribution in [0.4, 0.5) is 0 Å². The van der Waals surface area contributed by atoms with Crippen LogP contribution in [0.3, 0.4) is 0 Å². The highest BCUT2D eigenvalue weighted by atomic mass is 32.1. The molecule has 7 aromatic carbocycles. The lowest BCUT2D eigenvalue weighted by Gasteiger charge is -2.10. The van der Waals surface area contributed by atoms with Crippen molar-refractivity contribution in [2.45, 2.75) is 0 Å². The number of aromatic nitrogens is 4. The molecular formula is C46H28N4S2. The van der Waals surface area contributed by atoms with Crippen LogP contribution in [0.25, 0.3) is 97.4 Å². The van der Waals surface area contributed by atoms with Crippen LogP contribution < -0.4 is 0 Å². The van der Waals surface area contributed by atoms with E-state index < -0.39 is 0 Å². The average Bonchev–Trinajstić information content (AvgIpc) is 3.84. The van der Waals surface area contributed by atoms with Crippen molar-refractivity contribution >= 4 is 53.1 Å². The van der Waals surface area contributed by atoms with Crippen LogP contribution in [0.1, 0.15) is 0 Å². The third-order valence-corrected chi connectivity index (χ3v) is 11.8. The Labute approximate surface area is 308 Å². The van der Waals surface area contributed by atoms with Gasteiger partial charge in [-0.1, -0.05) is 152 Å². The van der Waals surface area contributed by atoms with Gasteiger partial charge in [-0.05, 0) is 40.5 Å². The molecule has 0 N–H and O–H groups in total. The van der Waals surface area contributed by atoms with Gasteiger partial charge in [0.25, 0.3) is 0 Å². The van der Waals surface area contributed by atoms with Crippen LogP contribution in [0.2, 0.25) is 0 Å². The molecule has 0 unspecified atom stereocenters. The summed E-state index contributed by atoms with van der Waals surface area (Å²) in [6.45, 7) is 0. The molecule has 6 heteroatoms. The largest absolute Gasteiger partial charge is 0.236 e. The van der Waals surface area contributed by atoms with Crippen molar-refractivity contribution in [3.8, 4) is 67.0 Å². The van der Waals surface area contributed by atoms with Gasteiger partial charge in [0, 0.05) is 42.4 Å². The van der Waals surface area contributed by atoms with Gasteiger partial charge in [-0.2, -0.15) is 0 Å². The number of para-hydroxylation sites is 1. The summed E-state index contributed by atoms with van der Waals surface area (Å²) in [5, 5.41) is 3.42. The molecule has 0 spiro atoms. The number of hydrogen-bond acceptors (Lipinski definition) is 6. The molecule has 0 bridgehead atoms. The standard InChI is InChI=1S/C46H28N4S2/c1-3-11-29(12-4-1)31-21-25-33(26-22-31)43-48-44(34-27-23-32(24-28-34)30-13-5-2-6-14-30)50-45(49-43)37-17-9-15-35-36-16-10-18-38(42(36)52-41(35)37)46-47-39-19-7-8-20-40(39)51-46/h1-28H. The first-order valence-electron chi connectivity index (χ1n) is 17.1. The molecule has 0 atom stereocenters. The summed E-state index contributed by atoms with van der Waals surface area (Å²) < 4.78 is 3.55. The van der Waals surface area contributed by atoms with E-state index in [4.69, 9.17) is 19.9 Å². The minimum Gasteiger partial charge on any atom is -0.236 e. The molecule has 0 aliphatic heterocycles. The van der Waals surface area contributed by atoms with Crippen molar-refractivity contribution in [2.75, 3.05) is 0 Å². The first kappa shape index (κ1) is 30.5. The van der Waals surface area contributed by atoms with Crippen molar-refractivity contribution in [2.24, 2.45) is 0 Å². The molecule has 0 fully saturated rings. The van der Waals surface area contributed by atoms with Gasteiger partial charge in [-0.25, -0.2) is 19.9 Å². The Hall–Kier alpha value is -6.34. The summed E-state index contributed by atoms with van der Waals surface area (Å²) in [6, 6.07) is 59.1. The van der Waals surface area contributed by atoms with E-state index in [9.17, 15) is 0 Å². The van der Waals surface area contributed by atoms with E-state index in [-0.39, 0.29) is 0 Å². The molecule has 3 aromatic heterocycles. The van der Waals surface area contributed by atoms with Crippen molar-refractivity contribution in [3.05, 3.63) is 170 Å². The van der Waals surface area contributed by atoms with Crippen LogP contribution in [0.15, 0.2) is 170 Å². The molecule has 3 heterocycles. The van der Waals surface area contributed by atoms with Gasteiger partial charge in [0.05, 0.1) is 10.2 Å². The third kappa shape index (κ3) is 5.46. The molecular weight excluding hydrogens is 673 g/mol. The predicted molar refractivity (Wildman–Crippen MR) is 219 cm³/mol. The zero-order valence-electron chi connectivity index (χ0n) is 27.8. The minimum atomic E-state index is 0.639. The molecule has 244 valence electrons. The lowest BCUT2D eigenvalue weighted by atomic mass is 10.0.